The van der Waals surface area contributed by atoms with Crippen LogP contribution in [0.1, 0.15) is 21.5 Å². The molecule has 92 valence electrons. The lowest BCUT2D eigenvalue weighted by Gasteiger charge is -2.04. The third-order valence-electron chi connectivity index (χ3n) is 2.46. The summed E-state index contributed by atoms with van der Waals surface area (Å²) in [4.78, 5) is 21.3. The van der Waals surface area contributed by atoms with E-state index in [1.807, 2.05) is 49.4 Å². The number of rotatable bonds is 4. The zero-order valence-corrected chi connectivity index (χ0v) is 10.1. The molecule has 0 aliphatic rings. The van der Waals surface area contributed by atoms with Gasteiger partial charge in [0, 0.05) is 0 Å². The lowest BCUT2D eigenvalue weighted by Crippen LogP contribution is -2.06. The van der Waals surface area contributed by atoms with E-state index in [1.54, 1.807) is 12.1 Å². The predicted molar refractivity (Wildman–Crippen MR) is 67.8 cm³/mol. The largest absolute Gasteiger partial charge is 0.373 e. The second-order valence-electron chi connectivity index (χ2n) is 3.99. The second kappa shape index (κ2) is 5.98. The SMILES string of the molecule is Cc1cccc(C(=O)OOCc2ccccc2)c1. The van der Waals surface area contributed by atoms with Gasteiger partial charge in [-0.3, -0.25) is 4.89 Å². The molecule has 2 aromatic carbocycles. The fourth-order valence-corrected chi connectivity index (χ4v) is 1.55. The molecule has 2 aromatic rings. The molecule has 0 atom stereocenters. The topological polar surface area (TPSA) is 35.5 Å². The van der Waals surface area contributed by atoms with Gasteiger partial charge in [-0.25, -0.2) is 4.79 Å². The van der Waals surface area contributed by atoms with Crippen LogP contribution in [0.15, 0.2) is 54.6 Å². The molecule has 0 aliphatic heterocycles. The van der Waals surface area contributed by atoms with E-state index in [0.29, 0.717) is 5.56 Å². The molecule has 0 spiro atoms. The Morgan fingerprint density at radius 1 is 1.06 bits per heavy atom. The van der Waals surface area contributed by atoms with Crippen molar-refractivity contribution < 1.29 is 14.6 Å². The molecule has 0 radical (unpaired) electrons. The zero-order valence-electron chi connectivity index (χ0n) is 10.1. The highest BCUT2D eigenvalue weighted by Crippen LogP contribution is 2.07. The van der Waals surface area contributed by atoms with Gasteiger partial charge in [0.05, 0.1) is 5.56 Å². The maximum atomic E-state index is 11.6. The molecule has 0 saturated heterocycles. The van der Waals surface area contributed by atoms with Crippen LogP contribution in [0.25, 0.3) is 0 Å². The Kier molecular flexibility index (Phi) is 4.10. The molecule has 0 bridgehead atoms. The molecule has 3 heteroatoms. The predicted octanol–water partition coefficient (Wildman–Crippen LogP) is 3.28. The monoisotopic (exact) mass is 242 g/mol. The third-order valence-corrected chi connectivity index (χ3v) is 2.46. The van der Waals surface area contributed by atoms with Crippen molar-refractivity contribution in [2.45, 2.75) is 13.5 Å². The molecule has 2 rings (SSSR count). The van der Waals surface area contributed by atoms with Gasteiger partial charge in [0.2, 0.25) is 0 Å². The van der Waals surface area contributed by atoms with E-state index in [0.717, 1.165) is 11.1 Å². The summed E-state index contributed by atoms with van der Waals surface area (Å²) in [5, 5.41) is 0. The van der Waals surface area contributed by atoms with E-state index in [-0.39, 0.29) is 6.61 Å². The van der Waals surface area contributed by atoms with Gasteiger partial charge in [-0.05, 0) is 24.6 Å². The molecule has 18 heavy (non-hydrogen) atoms. The van der Waals surface area contributed by atoms with E-state index in [9.17, 15) is 4.79 Å². The molecule has 0 aliphatic carbocycles. The number of hydrogen-bond donors (Lipinski definition) is 0. The molecule has 0 aromatic heterocycles. The van der Waals surface area contributed by atoms with E-state index < -0.39 is 5.97 Å². The van der Waals surface area contributed by atoms with Crippen LogP contribution < -0.4 is 0 Å². The average Bonchev–Trinajstić information content (AvgIpc) is 2.40. The van der Waals surface area contributed by atoms with Gasteiger partial charge in [-0.15, -0.1) is 0 Å². The van der Waals surface area contributed by atoms with Gasteiger partial charge in [0.15, 0.2) is 0 Å². The summed E-state index contributed by atoms with van der Waals surface area (Å²) in [6.45, 7) is 2.17. The molecule has 3 nitrogen and oxygen atoms in total. The van der Waals surface area contributed by atoms with Crippen molar-refractivity contribution in [3.63, 3.8) is 0 Å². The maximum absolute atomic E-state index is 11.6. The molecule has 0 amide bonds. The minimum absolute atomic E-state index is 0.248. The van der Waals surface area contributed by atoms with E-state index >= 15 is 0 Å². The molecule has 0 saturated carbocycles. The van der Waals surface area contributed by atoms with Crippen LogP contribution in [0.3, 0.4) is 0 Å². The first kappa shape index (κ1) is 12.3. The van der Waals surface area contributed by atoms with Crippen LogP contribution in [0, 0.1) is 6.92 Å². The van der Waals surface area contributed by atoms with Crippen molar-refractivity contribution in [2.75, 3.05) is 0 Å². The fourth-order valence-electron chi connectivity index (χ4n) is 1.55. The first-order valence-corrected chi connectivity index (χ1v) is 5.70. The zero-order chi connectivity index (χ0) is 12.8. The Balaban J connectivity index is 1.86. The Hall–Kier alpha value is -2.13. The number of carbonyl (C=O) groups is 1. The van der Waals surface area contributed by atoms with E-state index in [1.165, 1.54) is 0 Å². The van der Waals surface area contributed by atoms with Crippen molar-refractivity contribution in [1.82, 2.24) is 0 Å². The lowest BCUT2D eigenvalue weighted by molar-refractivity contribution is -0.250. The molecule has 0 heterocycles. The summed E-state index contributed by atoms with van der Waals surface area (Å²) in [7, 11) is 0. The minimum Gasteiger partial charge on any atom is -0.292 e. The standard InChI is InChI=1S/C15H14O3/c1-12-6-5-9-14(10-12)15(16)18-17-11-13-7-3-2-4-8-13/h2-10H,11H2,1H3. The summed E-state index contributed by atoms with van der Waals surface area (Å²) in [5.41, 5.74) is 2.45. The van der Waals surface area contributed by atoms with Crippen molar-refractivity contribution in [1.29, 1.82) is 0 Å². The van der Waals surface area contributed by atoms with Crippen LogP contribution in [-0.2, 0) is 16.4 Å². The molecular weight excluding hydrogens is 228 g/mol. The first-order chi connectivity index (χ1) is 8.75. The molecule has 0 unspecified atom stereocenters. The van der Waals surface area contributed by atoms with Crippen molar-refractivity contribution in [2.24, 2.45) is 0 Å². The second-order valence-corrected chi connectivity index (χ2v) is 3.99. The quantitative estimate of drug-likeness (QED) is 0.609. The number of carbonyl (C=O) groups excluding carboxylic acids is 1. The van der Waals surface area contributed by atoms with Crippen molar-refractivity contribution in [3.8, 4) is 0 Å². The van der Waals surface area contributed by atoms with E-state index in [4.69, 9.17) is 9.78 Å². The van der Waals surface area contributed by atoms with Crippen molar-refractivity contribution >= 4 is 5.97 Å². The Bertz CT molecular complexity index is 520. The molecular formula is C15H14O3. The normalized spacial score (nSPS) is 10.1. The summed E-state index contributed by atoms with van der Waals surface area (Å²) >= 11 is 0. The highest BCUT2D eigenvalue weighted by Gasteiger charge is 2.08. The Labute approximate surface area is 106 Å². The summed E-state index contributed by atoms with van der Waals surface area (Å²) in [6, 6.07) is 16.7. The fraction of sp³-hybridized carbons (Fsp3) is 0.133. The lowest BCUT2D eigenvalue weighted by atomic mass is 10.1. The first-order valence-electron chi connectivity index (χ1n) is 5.70. The van der Waals surface area contributed by atoms with Crippen molar-refractivity contribution in [3.05, 3.63) is 71.3 Å². The van der Waals surface area contributed by atoms with Crippen LogP contribution in [-0.4, -0.2) is 5.97 Å². The van der Waals surface area contributed by atoms with Crippen LogP contribution in [0.2, 0.25) is 0 Å². The van der Waals surface area contributed by atoms with Gasteiger partial charge in [-0.2, -0.15) is 4.89 Å². The molecule has 0 fully saturated rings. The Morgan fingerprint density at radius 3 is 2.56 bits per heavy atom. The van der Waals surface area contributed by atoms with Gasteiger partial charge < -0.3 is 0 Å². The molecule has 0 N–H and O–H groups in total. The summed E-state index contributed by atoms with van der Waals surface area (Å²) < 4.78 is 0. The number of benzene rings is 2. The van der Waals surface area contributed by atoms with Gasteiger partial charge in [-0.1, -0.05) is 48.0 Å². The third kappa shape index (κ3) is 3.43. The number of hydrogen-bond acceptors (Lipinski definition) is 3. The average molecular weight is 242 g/mol. The maximum Gasteiger partial charge on any atom is 0.373 e. The van der Waals surface area contributed by atoms with Gasteiger partial charge in [0.1, 0.15) is 6.61 Å². The smallest absolute Gasteiger partial charge is 0.292 e. The van der Waals surface area contributed by atoms with Crippen LogP contribution >= 0.6 is 0 Å². The van der Waals surface area contributed by atoms with Crippen LogP contribution in [0.4, 0.5) is 0 Å². The summed E-state index contributed by atoms with van der Waals surface area (Å²) in [6.07, 6.45) is 0. The number of aryl methyl sites for hydroxylation is 1. The highest BCUT2D eigenvalue weighted by molar-refractivity contribution is 5.89. The summed E-state index contributed by atoms with van der Waals surface area (Å²) in [5.74, 6) is -0.477. The van der Waals surface area contributed by atoms with Gasteiger partial charge in [0.25, 0.3) is 0 Å². The van der Waals surface area contributed by atoms with Crippen LogP contribution in [0.5, 0.6) is 0 Å². The Morgan fingerprint density at radius 2 is 1.83 bits per heavy atom. The minimum atomic E-state index is -0.477. The highest BCUT2D eigenvalue weighted by atomic mass is 17.2. The van der Waals surface area contributed by atoms with Gasteiger partial charge >= 0.3 is 5.97 Å². The van der Waals surface area contributed by atoms with E-state index in [2.05, 4.69) is 0 Å².